The van der Waals surface area contributed by atoms with E-state index < -0.39 is 6.09 Å². The standard InChI is InChI=1S/C14H25NO2/c1-3-7-11(2)12-8-5-4-6-9-13(10-12)17-14(15)16/h6,9,11-13H,3-5,7-8,10H2,1-2H3,(H2,15,16)/b9-6+/t11-,12?,13?/m0/s1. The Morgan fingerprint density at radius 3 is 3.00 bits per heavy atom. The molecule has 1 aliphatic rings. The number of primary amides is 1. The Kier molecular flexibility index (Phi) is 6.09. The van der Waals surface area contributed by atoms with Gasteiger partial charge in [0.15, 0.2) is 0 Å². The summed E-state index contributed by atoms with van der Waals surface area (Å²) in [4.78, 5) is 10.8. The normalized spacial score (nSPS) is 28.8. The highest BCUT2D eigenvalue weighted by Gasteiger charge is 2.22. The van der Waals surface area contributed by atoms with E-state index in [0.29, 0.717) is 11.8 Å². The van der Waals surface area contributed by atoms with Gasteiger partial charge in [-0.1, -0.05) is 32.8 Å². The maximum Gasteiger partial charge on any atom is 0.405 e. The zero-order chi connectivity index (χ0) is 12.7. The van der Waals surface area contributed by atoms with E-state index in [0.717, 1.165) is 12.8 Å². The molecule has 0 fully saturated rings. The number of carbonyl (C=O) groups is 1. The Bertz CT molecular complexity index is 263. The number of ether oxygens (including phenoxy) is 1. The predicted molar refractivity (Wildman–Crippen MR) is 69.6 cm³/mol. The molecule has 3 heteroatoms. The average Bonchev–Trinajstić information content (AvgIpc) is 2.21. The first kappa shape index (κ1) is 14.1. The first-order chi connectivity index (χ1) is 8.13. The summed E-state index contributed by atoms with van der Waals surface area (Å²) in [5, 5.41) is 0. The third kappa shape index (κ3) is 5.24. The molecule has 0 aliphatic heterocycles. The van der Waals surface area contributed by atoms with Gasteiger partial charge in [0.2, 0.25) is 0 Å². The lowest BCUT2D eigenvalue weighted by Crippen LogP contribution is -2.26. The minimum absolute atomic E-state index is 0.128. The van der Waals surface area contributed by atoms with Gasteiger partial charge in [-0.05, 0) is 43.6 Å². The van der Waals surface area contributed by atoms with Crippen LogP contribution in [0.1, 0.15) is 52.4 Å². The van der Waals surface area contributed by atoms with Gasteiger partial charge < -0.3 is 10.5 Å². The second-order valence-corrected chi connectivity index (χ2v) is 5.10. The molecule has 1 rings (SSSR count). The fraction of sp³-hybridized carbons (Fsp3) is 0.786. The molecule has 2 N–H and O–H groups in total. The van der Waals surface area contributed by atoms with Crippen LogP contribution in [-0.4, -0.2) is 12.2 Å². The summed E-state index contributed by atoms with van der Waals surface area (Å²) in [6, 6.07) is 0. The van der Waals surface area contributed by atoms with Gasteiger partial charge >= 0.3 is 6.09 Å². The number of rotatable bonds is 4. The van der Waals surface area contributed by atoms with Crippen molar-refractivity contribution in [3.05, 3.63) is 12.2 Å². The van der Waals surface area contributed by atoms with Crippen LogP contribution >= 0.6 is 0 Å². The van der Waals surface area contributed by atoms with Gasteiger partial charge in [0.05, 0.1) is 0 Å². The molecule has 1 amide bonds. The third-order valence-electron chi connectivity index (χ3n) is 3.65. The summed E-state index contributed by atoms with van der Waals surface area (Å²) in [6.07, 6.45) is 10.2. The van der Waals surface area contributed by atoms with Crippen LogP contribution in [0.15, 0.2) is 12.2 Å². The van der Waals surface area contributed by atoms with Crippen molar-refractivity contribution in [2.75, 3.05) is 0 Å². The first-order valence-corrected chi connectivity index (χ1v) is 6.76. The maximum absolute atomic E-state index is 10.8. The lowest BCUT2D eigenvalue weighted by molar-refractivity contribution is 0.103. The maximum atomic E-state index is 10.8. The molecule has 0 bridgehead atoms. The topological polar surface area (TPSA) is 52.3 Å². The molecule has 17 heavy (non-hydrogen) atoms. The Morgan fingerprint density at radius 1 is 1.59 bits per heavy atom. The van der Waals surface area contributed by atoms with Crippen LogP contribution in [-0.2, 0) is 4.74 Å². The molecule has 98 valence electrons. The smallest absolute Gasteiger partial charge is 0.405 e. The quantitative estimate of drug-likeness (QED) is 0.761. The highest BCUT2D eigenvalue weighted by molar-refractivity contribution is 5.65. The number of amides is 1. The third-order valence-corrected chi connectivity index (χ3v) is 3.65. The van der Waals surface area contributed by atoms with Crippen LogP contribution in [0.25, 0.3) is 0 Å². The molecular formula is C14H25NO2. The van der Waals surface area contributed by atoms with Crippen LogP contribution in [0.4, 0.5) is 4.79 Å². The summed E-state index contributed by atoms with van der Waals surface area (Å²) in [7, 11) is 0. The molecule has 0 heterocycles. The van der Waals surface area contributed by atoms with E-state index in [1.165, 1.54) is 25.7 Å². The minimum Gasteiger partial charge on any atom is -0.442 e. The molecular weight excluding hydrogens is 214 g/mol. The van der Waals surface area contributed by atoms with Crippen LogP contribution in [0.2, 0.25) is 0 Å². The van der Waals surface area contributed by atoms with E-state index in [9.17, 15) is 4.79 Å². The monoisotopic (exact) mass is 239 g/mol. The van der Waals surface area contributed by atoms with Crippen molar-refractivity contribution in [2.45, 2.75) is 58.5 Å². The van der Waals surface area contributed by atoms with Crippen molar-refractivity contribution in [2.24, 2.45) is 17.6 Å². The van der Waals surface area contributed by atoms with Crippen LogP contribution in [0.3, 0.4) is 0 Å². The van der Waals surface area contributed by atoms with Crippen molar-refractivity contribution in [3.63, 3.8) is 0 Å². The molecule has 3 nitrogen and oxygen atoms in total. The lowest BCUT2D eigenvalue weighted by Gasteiger charge is -2.27. The number of allylic oxidation sites excluding steroid dienone is 1. The second-order valence-electron chi connectivity index (χ2n) is 5.10. The number of hydrogen-bond donors (Lipinski definition) is 1. The fourth-order valence-electron chi connectivity index (χ4n) is 2.69. The summed E-state index contributed by atoms with van der Waals surface area (Å²) >= 11 is 0. The van der Waals surface area contributed by atoms with Crippen LogP contribution in [0.5, 0.6) is 0 Å². The van der Waals surface area contributed by atoms with Gasteiger partial charge in [-0.3, -0.25) is 0 Å². The number of hydrogen-bond acceptors (Lipinski definition) is 2. The van der Waals surface area contributed by atoms with Gasteiger partial charge in [0.1, 0.15) is 6.10 Å². The predicted octanol–water partition coefficient (Wildman–Crippen LogP) is 3.63. The zero-order valence-corrected chi connectivity index (χ0v) is 11.0. The number of carbonyl (C=O) groups excluding carboxylic acids is 1. The Morgan fingerprint density at radius 2 is 2.35 bits per heavy atom. The highest BCUT2D eigenvalue weighted by Crippen LogP contribution is 2.29. The van der Waals surface area contributed by atoms with Crippen molar-refractivity contribution >= 4 is 6.09 Å². The van der Waals surface area contributed by atoms with Gasteiger partial charge in [-0.2, -0.15) is 0 Å². The van der Waals surface area contributed by atoms with E-state index in [1.54, 1.807) is 0 Å². The molecule has 0 aromatic carbocycles. The van der Waals surface area contributed by atoms with Crippen molar-refractivity contribution in [1.82, 2.24) is 0 Å². The van der Waals surface area contributed by atoms with Crippen molar-refractivity contribution < 1.29 is 9.53 Å². The van der Waals surface area contributed by atoms with Crippen molar-refractivity contribution in [1.29, 1.82) is 0 Å². The van der Waals surface area contributed by atoms with Crippen LogP contribution < -0.4 is 5.73 Å². The zero-order valence-electron chi connectivity index (χ0n) is 11.0. The SMILES string of the molecule is CCC[C@H](C)C1CCC/C=C/C(OC(N)=O)C1. The van der Waals surface area contributed by atoms with E-state index in [1.807, 2.05) is 6.08 Å². The average molecular weight is 239 g/mol. The van der Waals surface area contributed by atoms with Gasteiger partial charge in [0.25, 0.3) is 0 Å². The molecule has 0 spiro atoms. The molecule has 3 atom stereocenters. The molecule has 0 aromatic rings. The summed E-state index contributed by atoms with van der Waals surface area (Å²) in [5.41, 5.74) is 5.10. The summed E-state index contributed by atoms with van der Waals surface area (Å²) in [6.45, 7) is 4.53. The van der Waals surface area contributed by atoms with Crippen LogP contribution in [0, 0.1) is 11.8 Å². The largest absolute Gasteiger partial charge is 0.442 e. The summed E-state index contributed by atoms with van der Waals surface area (Å²) < 4.78 is 5.14. The van der Waals surface area contributed by atoms with Crippen molar-refractivity contribution in [3.8, 4) is 0 Å². The minimum atomic E-state index is -0.665. The fourth-order valence-corrected chi connectivity index (χ4v) is 2.69. The Hall–Kier alpha value is -0.990. The first-order valence-electron chi connectivity index (χ1n) is 6.76. The Balaban J connectivity index is 2.58. The molecule has 0 radical (unpaired) electrons. The van der Waals surface area contributed by atoms with E-state index >= 15 is 0 Å². The van der Waals surface area contributed by atoms with E-state index in [2.05, 4.69) is 19.9 Å². The number of nitrogens with two attached hydrogens (primary N) is 1. The highest BCUT2D eigenvalue weighted by atomic mass is 16.6. The second kappa shape index (κ2) is 7.36. The molecule has 1 aliphatic carbocycles. The van der Waals surface area contributed by atoms with Gasteiger partial charge in [-0.25, -0.2) is 4.79 Å². The van der Waals surface area contributed by atoms with Gasteiger partial charge in [-0.15, -0.1) is 0 Å². The van der Waals surface area contributed by atoms with Gasteiger partial charge in [0, 0.05) is 0 Å². The molecule has 2 unspecified atom stereocenters. The lowest BCUT2D eigenvalue weighted by atomic mass is 9.81. The molecule has 0 aromatic heterocycles. The summed E-state index contributed by atoms with van der Waals surface area (Å²) in [5.74, 6) is 1.34. The van der Waals surface area contributed by atoms with E-state index in [-0.39, 0.29) is 6.10 Å². The Labute approximate surface area is 104 Å². The molecule has 0 saturated carbocycles. The molecule has 0 saturated heterocycles. The van der Waals surface area contributed by atoms with E-state index in [4.69, 9.17) is 10.5 Å².